The van der Waals surface area contributed by atoms with Crippen LogP contribution in [0.25, 0.3) is 0 Å². The molecule has 22 heavy (non-hydrogen) atoms. The summed E-state index contributed by atoms with van der Waals surface area (Å²) in [6.45, 7) is 6.86. The summed E-state index contributed by atoms with van der Waals surface area (Å²) in [6, 6.07) is 7.83. The van der Waals surface area contributed by atoms with E-state index in [0.29, 0.717) is 6.42 Å². The molecule has 0 atom stereocenters. The van der Waals surface area contributed by atoms with Crippen LogP contribution < -0.4 is 4.74 Å². The Balaban J connectivity index is 2.34. The van der Waals surface area contributed by atoms with E-state index in [2.05, 4.69) is 31.4 Å². The lowest BCUT2D eigenvalue weighted by Gasteiger charge is -2.06. The van der Waals surface area contributed by atoms with Gasteiger partial charge in [-0.25, -0.2) is 0 Å². The second-order valence-corrected chi connectivity index (χ2v) is 11.3. The van der Waals surface area contributed by atoms with Gasteiger partial charge >= 0.3 is 0 Å². The lowest BCUT2D eigenvalue weighted by atomic mass is 10.1. The maximum atomic E-state index is 11.8. The van der Waals surface area contributed by atoms with Crippen molar-refractivity contribution in [3.05, 3.63) is 65.9 Å². The van der Waals surface area contributed by atoms with Crippen molar-refractivity contribution >= 4 is 13.9 Å². The summed E-state index contributed by atoms with van der Waals surface area (Å²) < 4.78 is 5.11. The molecular formula is C19H26O2Si. The zero-order valence-corrected chi connectivity index (χ0v) is 15.0. The van der Waals surface area contributed by atoms with Crippen molar-refractivity contribution in [3.63, 3.8) is 0 Å². The first-order valence-electron chi connectivity index (χ1n) is 7.59. The molecule has 0 aliphatic heterocycles. The van der Waals surface area contributed by atoms with Gasteiger partial charge in [-0.2, -0.15) is 0 Å². The Morgan fingerprint density at radius 2 is 1.68 bits per heavy atom. The Hall–Kier alpha value is -1.87. The van der Waals surface area contributed by atoms with Crippen LogP contribution in [0.3, 0.4) is 0 Å². The molecule has 0 N–H and O–H groups in total. The van der Waals surface area contributed by atoms with Crippen molar-refractivity contribution in [1.29, 1.82) is 0 Å². The van der Waals surface area contributed by atoms with Crippen LogP contribution in [0.2, 0.25) is 19.6 Å². The number of benzene rings is 1. The van der Waals surface area contributed by atoms with Gasteiger partial charge in [-0.05, 0) is 30.2 Å². The normalized spacial score (nSPS) is 12.5. The van der Waals surface area contributed by atoms with Crippen LogP contribution in [0.15, 0.2) is 60.3 Å². The number of aryl methyl sites for hydroxylation is 1. The molecule has 0 amide bonds. The minimum Gasteiger partial charge on any atom is -0.497 e. The molecule has 0 unspecified atom stereocenters. The van der Waals surface area contributed by atoms with E-state index in [1.165, 1.54) is 0 Å². The van der Waals surface area contributed by atoms with E-state index in [4.69, 9.17) is 4.74 Å². The van der Waals surface area contributed by atoms with Gasteiger partial charge in [-0.3, -0.25) is 4.79 Å². The fourth-order valence-corrected chi connectivity index (χ4v) is 2.47. The fraction of sp³-hybridized carbons (Fsp3) is 0.316. The van der Waals surface area contributed by atoms with Crippen LogP contribution in [0, 0.1) is 0 Å². The molecule has 2 nitrogen and oxygen atoms in total. The summed E-state index contributed by atoms with van der Waals surface area (Å²) >= 11 is 0. The summed E-state index contributed by atoms with van der Waals surface area (Å²) in [5.74, 6) is 0.987. The van der Waals surface area contributed by atoms with Crippen LogP contribution in [0.5, 0.6) is 5.75 Å². The predicted molar refractivity (Wildman–Crippen MR) is 97.1 cm³/mol. The van der Waals surface area contributed by atoms with Gasteiger partial charge in [0.1, 0.15) is 5.75 Å². The lowest BCUT2D eigenvalue weighted by molar-refractivity contribution is -0.114. The van der Waals surface area contributed by atoms with Gasteiger partial charge in [0.15, 0.2) is 5.78 Å². The average molecular weight is 315 g/mol. The molecule has 0 aliphatic rings. The Morgan fingerprint density at radius 1 is 1.05 bits per heavy atom. The molecule has 0 fully saturated rings. The van der Waals surface area contributed by atoms with Crippen molar-refractivity contribution in [2.45, 2.75) is 32.5 Å². The molecule has 0 radical (unpaired) electrons. The molecule has 0 aliphatic carbocycles. The topological polar surface area (TPSA) is 26.3 Å². The largest absolute Gasteiger partial charge is 0.497 e. The maximum Gasteiger partial charge on any atom is 0.156 e. The minimum absolute atomic E-state index is 0.148. The van der Waals surface area contributed by atoms with Gasteiger partial charge in [-0.15, -0.1) is 0 Å². The highest BCUT2D eigenvalue weighted by atomic mass is 28.3. The van der Waals surface area contributed by atoms with Crippen molar-refractivity contribution in [2.24, 2.45) is 0 Å². The van der Waals surface area contributed by atoms with Crippen molar-refractivity contribution in [3.8, 4) is 5.75 Å². The summed E-state index contributed by atoms with van der Waals surface area (Å²) in [5.41, 5.74) is 3.42. The maximum absolute atomic E-state index is 11.8. The number of allylic oxidation sites excluding steroid dienone is 5. The molecule has 0 aromatic heterocycles. The van der Waals surface area contributed by atoms with E-state index in [9.17, 15) is 4.79 Å². The van der Waals surface area contributed by atoms with E-state index >= 15 is 0 Å². The fourth-order valence-electron chi connectivity index (χ4n) is 1.78. The smallest absolute Gasteiger partial charge is 0.156 e. The number of hydrogen-bond acceptors (Lipinski definition) is 2. The summed E-state index contributed by atoms with van der Waals surface area (Å²) in [4.78, 5) is 11.8. The first-order chi connectivity index (χ1) is 10.4. The van der Waals surface area contributed by atoms with E-state index in [-0.39, 0.29) is 5.78 Å². The predicted octanol–water partition coefficient (Wildman–Crippen LogP) is 4.74. The summed E-state index contributed by atoms with van der Waals surface area (Å²) in [5, 5.41) is 0. The SMILES string of the molecule is COc1ccc(CCC(=O)/C=C/C=C/C=C/[Si](C)(C)C)cc1. The van der Waals surface area contributed by atoms with Gasteiger partial charge < -0.3 is 4.74 Å². The number of rotatable bonds is 8. The Kier molecular flexibility index (Phi) is 7.61. The van der Waals surface area contributed by atoms with E-state index in [1.807, 2.05) is 42.5 Å². The Bertz CT molecular complexity index is 546. The van der Waals surface area contributed by atoms with Crippen LogP contribution in [-0.2, 0) is 11.2 Å². The molecule has 1 aromatic rings. The van der Waals surface area contributed by atoms with Crippen molar-refractivity contribution < 1.29 is 9.53 Å². The molecule has 0 saturated heterocycles. The second-order valence-electron chi connectivity index (χ2n) is 6.28. The Morgan fingerprint density at radius 3 is 2.27 bits per heavy atom. The van der Waals surface area contributed by atoms with Crippen LogP contribution in [-0.4, -0.2) is 21.0 Å². The van der Waals surface area contributed by atoms with Gasteiger partial charge in [0.05, 0.1) is 15.2 Å². The molecule has 3 heteroatoms. The third kappa shape index (κ3) is 8.42. The molecule has 0 saturated carbocycles. The highest BCUT2D eigenvalue weighted by Crippen LogP contribution is 2.12. The highest BCUT2D eigenvalue weighted by Gasteiger charge is 2.05. The monoisotopic (exact) mass is 314 g/mol. The highest BCUT2D eigenvalue weighted by molar-refractivity contribution is 6.80. The summed E-state index contributed by atoms with van der Waals surface area (Å²) in [6.07, 6.45) is 10.7. The Labute approximate surface area is 135 Å². The quantitative estimate of drug-likeness (QED) is 0.393. The standard InChI is InChI=1S/C19H26O2Si/c1-21-19-14-11-17(12-15-19)10-13-18(20)9-7-5-6-8-16-22(2,3)4/h5-9,11-12,14-16H,10,13H2,1-4H3/b6-5+,9-7+,16-8+. The van der Waals surface area contributed by atoms with Crippen LogP contribution in [0.4, 0.5) is 0 Å². The van der Waals surface area contributed by atoms with Crippen LogP contribution >= 0.6 is 0 Å². The van der Waals surface area contributed by atoms with Crippen molar-refractivity contribution in [1.82, 2.24) is 0 Å². The molecule has 1 rings (SSSR count). The van der Waals surface area contributed by atoms with Crippen LogP contribution in [0.1, 0.15) is 12.0 Å². The number of hydrogen-bond donors (Lipinski definition) is 0. The molecule has 1 aromatic carbocycles. The second kappa shape index (κ2) is 9.21. The van der Waals surface area contributed by atoms with Gasteiger partial charge in [0.25, 0.3) is 0 Å². The number of ketones is 1. The lowest BCUT2D eigenvalue weighted by Crippen LogP contribution is -2.14. The molecular weight excluding hydrogens is 288 g/mol. The zero-order valence-electron chi connectivity index (χ0n) is 14.0. The zero-order chi connectivity index (χ0) is 16.4. The van der Waals surface area contributed by atoms with E-state index in [0.717, 1.165) is 17.7 Å². The third-order valence-corrected chi connectivity index (χ3v) is 4.22. The first kappa shape index (κ1) is 18.2. The van der Waals surface area contributed by atoms with Gasteiger partial charge in [0, 0.05) is 6.42 Å². The molecule has 0 bridgehead atoms. The van der Waals surface area contributed by atoms with Gasteiger partial charge in [-0.1, -0.05) is 61.8 Å². The first-order valence-corrected chi connectivity index (χ1v) is 11.2. The van der Waals surface area contributed by atoms with E-state index < -0.39 is 8.07 Å². The third-order valence-electron chi connectivity index (χ3n) is 3.03. The number of ether oxygens (including phenoxy) is 1. The molecule has 118 valence electrons. The molecule has 0 heterocycles. The number of carbonyl (C=O) groups excluding carboxylic acids is 1. The molecule has 0 spiro atoms. The van der Waals surface area contributed by atoms with E-state index in [1.54, 1.807) is 13.2 Å². The number of carbonyl (C=O) groups is 1. The average Bonchev–Trinajstić information content (AvgIpc) is 2.48. The minimum atomic E-state index is -1.13. The summed E-state index contributed by atoms with van der Waals surface area (Å²) in [7, 11) is 0.520. The van der Waals surface area contributed by atoms with Crippen molar-refractivity contribution in [2.75, 3.05) is 7.11 Å². The number of methoxy groups -OCH3 is 1. The van der Waals surface area contributed by atoms with Gasteiger partial charge in [0.2, 0.25) is 0 Å².